The maximum absolute atomic E-state index is 5.52. The van der Waals surface area contributed by atoms with Crippen molar-refractivity contribution in [2.75, 3.05) is 25.6 Å². The molecule has 0 amide bonds. The van der Waals surface area contributed by atoms with Crippen molar-refractivity contribution in [2.45, 2.75) is 78.6 Å². The highest BCUT2D eigenvalue weighted by molar-refractivity contribution is 7.74. The third kappa shape index (κ3) is 9.74. The molecule has 0 aromatic rings. The molecule has 0 aliphatic rings. The Labute approximate surface area is 122 Å². The third-order valence-corrected chi connectivity index (χ3v) is 8.23. The van der Waals surface area contributed by atoms with E-state index >= 15 is 0 Å². The van der Waals surface area contributed by atoms with Crippen LogP contribution in [0.4, 0.5) is 0 Å². The Kier molecular flexibility index (Phi) is 13.4. The standard InChI is InChI=1S/C17H37OP/c1-5-8-11-14-19(17-18-4,15-12-9-6-2)16-13-10-7-3/h17H,5-16H2,1-4H3. The van der Waals surface area contributed by atoms with Gasteiger partial charge in [-0.15, -0.1) is 0 Å². The molecular formula is C17H37OP. The first-order chi connectivity index (χ1) is 9.24. The molecule has 0 radical (unpaired) electrons. The van der Waals surface area contributed by atoms with Crippen LogP contribution in [0.3, 0.4) is 0 Å². The zero-order chi connectivity index (χ0) is 14.4. The van der Waals surface area contributed by atoms with Crippen LogP contribution in [0.25, 0.3) is 0 Å². The van der Waals surface area contributed by atoms with Crippen molar-refractivity contribution < 1.29 is 4.74 Å². The zero-order valence-electron chi connectivity index (χ0n) is 13.9. The van der Waals surface area contributed by atoms with Crippen molar-refractivity contribution >= 4 is 12.9 Å². The molecule has 0 bridgehead atoms. The molecule has 0 aromatic heterocycles. The van der Waals surface area contributed by atoms with Gasteiger partial charge in [-0.1, -0.05) is 66.2 Å². The molecule has 0 aliphatic carbocycles. The van der Waals surface area contributed by atoms with Crippen LogP contribution in [-0.2, 0) is 4.74 Å². The quantitative estimate of drug-likeness (QED) is 0.299. The van der Waals surface area contributed by atoms with Gasteiger partial charge < -0.3 is 4.74 Å². The molecule has 2 heteroatoms. The van der Waals surface area contributed by atoms with Crippen molar-refractivity contribution in [3.63, 3.8) is 0 Å². The lowest BCUT2D eigenvalue weighted by atomic mass is 10.3. The van der Waals surface area contributed by atoms with Crippen LogP contribution in [0, 0.1) is 0 Å². The van der Waals surface area contributed by atoms with Crippen LogP contribution in [-0.4, -0.2) is 31.6 Å². The van der Waals surface area contributed by atoms with E-state index in [9.17, 15) is 0 Å². The van der Waals surface area contributed by atoms with Crippen molar-refractivity contribution in [3.05, 3.63) is 0 Å². The Morgan fingerprint density at radius 2 is 1.05 bits per heavy atom. The summed E-state index contributed by atoms with van der Waals surface area (Å²) in [4.78, 5) is 0. The Bertz CT molecular complexity index is 202. The lowest BCUT2D eigenvalue weighted by molar-refractivity contribution is 0.431. The molecule has 0 saturated carbocycles. The number of hydrogen-bond donors (Lipinski definition) is 0. The minimum atomic E-state index is -0.932. The molecular weight excluding hydrogens is 251 g/mol. The normalized spacial score (nSPS) is 11.8. The van der Waals surface area contributed by atoms with E-state index in [0.717, 1.165) is 0 Å². The fraction of sp³-hybridized carbons (Fsp3) is 0.941. The van der Waals surface area contributed by atoms with Gasteiger partial charge in [-0.3, -0.25) is 0 Å². The summed E-state index contributed by atoms with van der Waals surface area (Å²) in [6.45, 7) is 5.97. The van der Waals surface area contributed by atoms with Gasteiger partial charge in [0, 0.05) is 13.1 Å². The topological polar surface area (TPSA) is 9.23 Å². The van der Waals surface area contributed by atoms with Gasteiger partial charge in [-0.25, -0.2) is 0 Å². The summed E-state index contributed by atoms with van der Waals surface area (Å²) >= 11 is 0. The van der Waals surface area contributed by atoms with Crippen molar-refractivity contribution in [1.82, 2.24) is 0 Å². The molecule has 0 aliphatic heterocycles. The van der Waals surface area contributed by atoms with Crippen LogP contribution in [0.2, 0.25) is 0 Å². The van der Waals surface area contributed by atoms with Gasteiger partial charge >= 0.3 is 0 Å². The smallest absolute Gasteiger partial charge is 0.0414 e. The molecule has 0 atom stereocenters. The first-order valence-electron chi connectivity index (χ1n) is 8.47. The zero-order valence-corrected chi connectivity index (χ0v) is 14.8. The number of ether oxygens (including phenoxy) is 1. The number of rotatable bonds is 13. The summed E-state index contributed by atoms with van der Waals surface area (Å²) in [6.07, 6.45) is 16.7. The summed E-state index contributed by atoms with van der Waals surface area (Å²) in [7, 11) is 1.86. The molecule has 0 spiro atoms. The first-order valence-corrected chi connectivity index (χ1v) is 10.9. The Balaban J connectivity index is 4.53. The monoisotopic (exact) mass is 288 g/mol. The molecule has 19 heavy (non-hydrogen) atoms. The Morgan fingerprint density at radius 1 is 0.684 bits per heavy atom. The van der Waals surface area contributed by atoms with Gasteiger partial charge in [0.05, 0.1) is 0 Å². The van der Waals surface area contributed by atoms with Crippen LogP contribution in [0.1, 0.15) is 78.6 Å². The van der Waals surface area contributed by atoms with Gasteiger partial charge in [0.2, 0.25) is 0 Å². The van der Waals surface area contributed by atoms with E-state index in [1.165, 1.54) is 76.3 Å². The van der Waals surface area contributed by atoms with Gasteiger partial charge in [0.25, 0.3) is 0 Å². The van der Waals surface area contributed by atoms with Crippen LogP contribution in [0.5, 0.6) is 0 Å². The summed E-state index contributed by atoms with van der Waals surface area (Å²) in [5.74, 6) is 2.29. The van der Waals surface area contributed by atoms with Crippen molar-refractivity contribution in [3.8, 4) is 0 Å². The average molecular weight is 288 g/mol. The van der Waals surface area contributed by atoms with Crippen molar-refractivity contribution in [1.29, 1.82) is 0 Å². The predicted molar refractivity (Wildman–Crippen MR) is 93.2 cm³/mol. The van der Waals surface area contributed by atoms with E-state index in [2.05, 4.69) is 26.8 Å². The highest BCUT2D eigenvalue weighted by atomic mass is 31.2. The van der Waals surface area contributed by atoms with Gasteiger partial charge in [-0.2, -0.15) is 0 Å². The summed E-state index contributed by atoms with van der Waals surface area (Å²) in [6, 6.07) is 0. The summed E-state index contributed by atoms with van der Waals surface area (Å²) in [5, 5.41) is 0. The molecule has 116 valence electrons. The molecule has 0 fully saturated rings. The maximum atomic E-state index is 5.52. The fourth-order valence-electron chi connectivity index (χ4n) is 2.75. The van der Waals surface area contributed by atoms with E-state index < -0.39 is 6.89 Å². The fourth-order valence-corrected chi connectivity index (χ4v) is 6.74. The van der Waals surface area contributed by atoms with E-state index in [4.69, 9.17) is 4.74 Å². The minimum Gasteiger partial charge on any atom is -0.357 e. The highest BCUT2D eigenvalue weighted by Crippen LogP contribution is 2.49. The number of hydrogen-bond acceptors (Lipinski definition) is 1. The second kappa shape index (κ2) is 13.3. The van der Waals surface area contributed by atoms with Crippen LogP contribution in [0.15, 0.2) is 0 Å². The molecule has 0 unspecified atom stereocenters. The Morgan fingerprint density at radius 3 is 1.32 bits per heavy atom. The minimum absolute atomic E-state index is 0.932. The molecule has 0 saturated heterocycles. The highest BCUT2D eigenvalue weighted by Gasteiger charge is 2.16. The van der Waals surface area contributed by atoms with E-state index in [1.54, 1.807) is 0 Å². The summed E-state index contributed by atoms with van der Waals surface area (Å²) < 4.78 is 5.52. The summed E-state index contributed by atoms with van der Waals surface area (Å²) in [5.41, 5.74) is 0. The van der Waals surface area contributed by atoms with Crippen molar-refractivity contribution in [2.24, 2.45) is 0 Å². The second-order valence-corrected chi connectivity index (χ2v) is 9.84. The number of unbranched alkanes of at least 4 members (excludes halogenated alkanes) is 6. The molecule has 0 heterocycles. The second-order valence-electron chi connectivity index (χ2n) is 5.85. The first kappa shape index (κ1) is 19.3. The lowest BCUT2D eigenvalue weighted by Gasteiger charge is -2.26. The van der Waals surface area contributed by atoms with Gasteiger partial charge in [-0.05, 0) is 37.7 Å². The van der Waals surface area contributed by atoms with E-state index in [1.807, 2.05) is 7.11 Å². The molecule has 1 nitrogen and oxygen atoms in total. The van der Waals surface area contributed by atoms with Crippen LogP contribution >= 0.6 is 6.89 Å². The Hall–Kier alpha value is 0.260. The lowest BCUT2D eigenvalue weighted by Crippen LogP contribution is -2.05. The number of methoxy groups -OCH3 is 1. The molecule has 0 rings (SSSR count). The average Bonchev–Trinajstić information content (AvgIpc) is 2.40. The van der Waals surface area contributed by atoms with E-state index in [-0.39, 0.29) is 0 Å². The third-order valence-electron chi connectivity index (χ3n) is 3.95. The van der Waals surface area contributed by atoms with Crippen LogP contribution < -0.4 is 0 Å². The largest absolute Gasteiger partial charge is 0.357 e. The van der Waals surface area contributed by atoms with Gasteiger partial charge in [0.15, 0.2) is 0 Å². The molecule has 0 N–H and O–H groups in total. The SMILES string of the molecule is CCCCCP(=COC)(CCCCC)CCCCC. The predicted octanol–water partition coefficient (Wildman–Crippen LogP) is 5.98. The van der Waals surface area contributed by atoms with Gasteiger partial charge in [0.1, 0.15) is 0 Å². The molecule has 0 aromatic carbocycles. The van der Waals surface area contributed by atoms with E-state index in [0.29, 0.717) is 0 Å². The maximum Gasteiger partial charge on any atom is 0.0414 e.